The molecule has 1 aromatic heterocycles. The minimum atomic E-state index is -0.521. The van der Waals surface area contributed by atoms with Crippen molar-refractivity contribution in [1.82, 2.24) is 20.6 Å². The van der Waals surface area contributed by atoms with Gasteiger partial charge in [0.1, 0.15) is 11.4 Å². The van der Waals surface area contributed by atoms with Crippen LogP contribution in [-0.2, 0) is 6.54 Å². The summed E-state index contributed by atoms with van der Waals surface area (Å²) in [6.07, 6.45) is 0. The van der Waals surface area contributed by atoms with E-state index < -0.39 is 16.7 Å². The largest absolute Gasteiger partial charge is 0.493 e. The molecule has 0 aliphatic carbocycles. The summed E-state index contributed by atoms with van der Waals surface area (Å²) in [7, 11) is 2.95. The Kier molecular flexibility index (Phi) is 6.91. The Bertz CT molecular complexity index is 1200. The number of nitro groups is 1. The molecule has 33 heavy (non-hydrogen) atoms. The van der Waals surface area contributed by atoms with Crippen LogP contribution in [0, 0.1) is 24.0 Å². The lowest BCUT2D eigenvalue weighted by Crippen LogP contribution is -2.41. The van der Waals surface area contributed by atoms with E-state index in [1.54, 1.807) is 54.9 Å². The lowest BCUT2D eigenvalue weighted by Gasteiger charge is -2.11. The molecule has 1 heterocycles. The van der Waals surface area contributed by atoms with Gasteiger partial charge in [-0.1, -0.05) is 12.1 Å². The minimum Gasteiger partial charge on any atom is -0.493 e. The first-order valence-electron chi connectivity index (χ1n) is 9.85. The summed E-state index contributed by atoms with van der Waals surface area (Å²) in [5.74, 6) is -0.155. The molecule has 11 nitrogen and oxygen atoms in total. The zero-order valence-electron chi connectivity index (χ0n) is 18.5. The molecule has 2 aromatic carbocycles. The number of hydrogen-bond donors (Lipinski definition) is 2. The van der Waals surface area contributed by atoms with Gasteiger partial charge in [0.05, 0.1) is 25.7 Å². The van der Waals surface area contributed by atoms with Crippen LogP contribution < -0.4 is 20.3 Å². The van der Waals surface area contributed by atoms with E-state index in [9.17, 15) is 19.7 Å². The molecule has 0 radical (unpaired) electrons. The standard InChI is InChI=1S/C22H23N5O6/c1-13-20(27(30)31)14(2)26(25-13)12-15-5-7-16(8-6-15)21(28)23-24-22(29)17-9-10-18(32-3)19(11-17)33-4/h5-11H,12H2,1-4H3,(H,23,28)(H,24,29). The number of rotatable bonds is 7. The molecule has 3 rings (SSSR count). The van der Waals surface area contributed by atoms with E-state index in [2.05, 4.69) is 16.0 Å². The molecule has 0 saturated heterocycles. The third kappa shape index (κ3) is 5.09. The topological polar surface area (TPSA) is 138 Å². The Hall–Kier alpha value is -4.41. The van der Waals surface area contributed by atoms with Gasteiger partial charge in [-0.25, -0.2) is 0 Å². The van der Waals surface area contributed by atoms with E-state index in [0.717, 1.165) is 5.56 Å². The summed E-state index contributed by atoms with van der Waals surface area (Å²) in [5.41, 5.74) is 6.93. The van der Waals surface area contributed by atoms with Crippen molar-refractivity contribution in [1.29, 1.82) is 0 Å². The zero-order chi connectivity index (χ0) is 24.1. The van der Waals surface area contributed by atoms with E-state index >= 15 is 0 Å². The molecule has 0 aliphatic rings. The zero-order valence-corrected chi connectivity index (χ0v) is 18.5. The Morgan fingerprint density at radius 1 is 0.970 bits per heavy atom. The molecule has 0 atom stereocenters. The van der Waals surface area contributed by atoms with E-state index in [1.807, 2.05) is 0 Å². The van der Waals surface area contributed by atoms with Crippen molar-refractivity contribution >= 4 is 17.5 Å². The molecule has 2 amide bonds. The third-order valence-corrected chi connectivity index (χ3v) is 5.01. The van der Waals surface area contributed by atoms with Crippen LogP contribution in [0.15, 0.2) is 42.5 Å². The first-order valence-corrected chi connectivity index (χ1v) is 9.85. The fourth-order valence-electron chi connectivity index (χ4n) is 3.28. The number of nitrogens with zero attached hydrogens (tertiary/aromatic N) is 3. The van der Waals surface area contributed by atoms with Crippen molar-refractivity contribution in [2.75, 3.05) is 14.2 Å². The predicted octanol–water partition coefficient (Wildman–Crippen LogP) is 2.55. The Balaban J connectivity index is 1.62. The number of carbonyl (C=O) groups is 2. The van der Waals surface area contributed by atoms with Crippen molar-refractivity contribution in [3.8, 4) is 11.5 Å². The average Bonchev–Trinajstić information content (AvgIpc) is 3.09. The SMILES string of the molecule is COc1ccc(C(=O)NNC(=O)c2ccc(Cn3nc(C)c([N+](=O)[O-])c3C)cc2)cc1OC. The summed E-state index contributed by atoms with van der Waals surface area (Å²) in [4.78, 5) is 35.4. The van der Waals surface area contributed by atoms with E-state index in [-0.39, 0.29) is 11.3 Å². The molecule has 0 spiro atoms. The molecule has 2 N–H and O–H groups in total. The Morgan fingerprint density at radius 3 is 2.09 bits per heavy atom. The fraction of sp³-hybridized carbons (Fsp3) is 0.227. The van der Waals surface area contributed by atoms with Crippen molar-refractivity contribution < 1.29 is 24.0 Å². The van der Waals surface area contributed by atoms with Crippen LogP contribution in [0.5, 0.6) is 11.5 Å². The number of hydrogen-bond acceptors (Lipinski definition) is 7. The molecule has 11 heteroatoms. The number of hydrazine groups is 1. The van der Waals surface area contributed by atoms with Gasteiger partial charge in [0.15, 0.2) is 11.5 Å². The predicted molar refractivity (Wildman–Crippen MR) is 118 cm³/mol. The summed E-state index contributed by atoms with van der Waals surface area (Å²) in [6.45, 7) is 3.55. The quantitative estimate of drug-likeness (QED) is 0.414. The number of ether oxygens (including phenoxy) is 2. The molecular formula is C22H23N5O6. The van der Waals surface area contributed by atoms with Gasteiger partial charge in [-0.2, -0.15) is 5.10 Å². The lowest BCUT2D eigenvalue weighted by molar-refractivity contribution is -0.386. The second-order valence-corrected chi connectivity index (χ2v) is 7.11. The van der Waals surface area contributed by atoms with Gasteiger partial charge < -0.3 is 9.47 Å². The molecule has 0 unspecified atom stereocenters. The number of aromatic nitrogens is 2. The van der Waals surface area contributed by atoms with Crippen LogP contribution in [0.2, 0.25) is 0 Å². The van der Waals surface area contributed by atoms with Gasteiger partial charge >= 0.3 is 5.69 Å². The number of carbonyl (C=O) groups excluding carboxylic acids is 2. The van der Waals surface area contributed by atoms with Crippen molar-refractivity contribution in [2.24, 2.45) is 0 Å². The Labute approximate surface area is 189 Å². The summed E-state index contributed by atoms with van der Waals surface area (Å²) in [6, 6.07) is 11.2. The van der Waals surface area contributed by atoms with Crippen LogP contribution >= 0.6 is 0 Å². The van der Waals surface area contributed by atoms with E-state index in [1.165, 1.54) is 20.3 Å². The first-order chi connectivity index (χ1) is 15.7. The van der Waals surface area contributed by atoms with Crippen LogP contribution in [0.4, 0.5) is 5.69 Å². The normalized spacial score (nSPS) is 10.4. The lowest BCUT2D eigenvalue weighted by atomic mass is 10.1. The number of amides is 2. The highest BCUT2D eigenvalue weighted by atomic mass is 16.6. The van der Waals surface area contributed by atoms with Crippen LogP contribution in [-0.4, -0.2) is 40.7 Å². The maximum atomic E-state index is 12.4. The van der Waals surface area contributed by atoms with Crippen molar-refractivity contribution in [3.63, 3.8) is 0 Å². The second-order valence-electron chi connectivity index (χ2n) is 7.11. The van der Waals surface area contributed by atoms with Gasteiger partial charge in [0.2, 0.25) is 0 Å². The van der Waals surface area contributed by atoms with Gasteiger partial charge in [-0.15, -0.1) is 0 Å². The van der Waals surface area contributed by atoms with Crippen LogP contribution in [0.25, 0.3) is 0 Å². The number of methoxy groups -OCH3 is 2. The summed E-state index contributed by atoms with van der Waals surface area (Å²) < 4.78 is 11.9. The number of nitrogens with one attached hydrogen (secondary N) is 2. The molecule has 3 aromatic rings. The van der Waals surface area contributed by atoms with Gasteiger partial charge in [-0.05, 0) is 49.7 Å². The highest BCUT2D eigenvalue weighted by Crippen LogP contribution is 2.27. The third-order valence-electron chi connectivity index (χ3n) is 5.01. The maximum Gasteiger partial charge on any atom is 0.312 e. The molecule has 0 fully saturated rings. The minimum absolute atomic E-state index is 0.00350. The highest BCUT2D eigenvalue weighted by Gasteiger charge is 2.21. The molecule has 0 bridgehead atoms. The second kappa shape index (κ2) is 9.81. The monoisotopic (exact) mass is 453 g/mol. The maximum absolute atomic E-state index is 12.4. The molecule has 0 aliphatic heterocycles. The Morgan fingerprint density at radius 2 is 1.55 bits per heavy atom. The highest BCUT2D eigenvalue weighted by molar-refractivity contribution is 5.99. The summed E-state index contributed by atoms with van der Waals surface area (Å²) >= 11 is 0. The number of benzene rings is 2. The van der Waals surface area contributed by atoms with Crippen molar-refractivity contribution in [2.45, 2.75) is 20.4 Å². The smallest absolute Gasteiger partial charge is 0.312 e. The average molecular weight is 453 g/mol. The van der Waals surface area contributed by atoms with E-state index in [4.69, 9.17) is 9.47 Å². The van der Waals surface area contributed by atoms with Crippen molar-refractivity contribution in [3.05, 3.63) is 80.7 Å². The van der Waals surface area contributed by atoms with E-state index in [0.29, 0.717) is 35.0 Å². The summed E-state index contributed by atoms with van der Waals surface area (Å²) in [5, 5.41) is 15.4. The van der Waals surface area contributed by atoms with Gasteiger partial charge in [0, 0.05) is 11.1 Å². The fourth-order valence-corrected chi connectivity index (χ4v) is 3.28. The van der Waals surface area contributed by atoms with Gasteiger partial charge in [0.25, 0.3) is 11.8 Å². The number of aryl methyl sites for hydroxylation is 1. The van der Waals surface area contributed by atoms with Crippen LogP contribution in [0.1, 0.15) is 37.7 Å². The molecular weight excluding hydrogens is 430 g/mol. The molecule has 0 saturated carbocycles. The van der Waals surface area contributed by atoms with Crippen LogP contribution in [0.3, 0.4) is 0 Å². The van der Waals surface area contributed by atoms with Gasteiger partial charge in [-0.3, -0.25) is 35.2 Å². The molecule has 172 valence electrons. The first kappa shape index (κ1) is 23.3.